The maximum absolute atomic E-state index is 13.3. The summed E-state index contributed by atoms with van der Waals surface area (Å²) in [5.74, 6) is -0.354. The Labute approximate surface area is 130 Å². The summed E-state index contributed by atoms with van der Waals surface area (Å²) >= 11 is 0. The molecule has 0 radical (unpaired) electrons. The van der Waals surface area contributed by atoms with E-state index in [1.54, 1.807) is 24.1 Å². The molecule has 0 bridgehead atoms. The summed E-state index contributed by atoms with van der Waals surface area (Å²) < 4.78 is 18.4. The highest BCUT2D eigenvalue weighted by Gasteiger charge is 2.15. The van der Waals surface area contributed by atoms with Crippen LogP contribution in [0.3, 0.4) is 0 Å². The third kappa shape index (κ3) is 4.15. The van der Waals surface area contributed by atoms with Crippen LogP contribution >= 0.6 is 0 Å². The molecule has 0 saturated heterocycles. The second-order valence-electron chi connectivity index (χ2n) is 5.08. The van der Waals surface area contributed by atoms with Gasteiger partial charge in [0.25, 0.3) is 5.91 Å². The van der Waals surface area contributed by atoms with Gasteiger partial charge in [-0.1, -0.05) is 24.3 Å². The van der Waals surface area contributed by atoms with E-state index in [2.05, 4.69) is 0 Å². The lowest BCUT2D eigenvalue weighted by Crippen LogP contribution is -2.30. The molecule has 2 aromatic carbocycles. The number of nitrogens with zero attached hydrogens (tertiary/aromatic N) is 1. The number of carbonyl (C=O) groups is 1. The summed E-state index contributed by atoms with van der Waals surface area (Å²) in [5, 5.41) is 0. The van der Waals surface area contributed by atoms with Crippen LogP contribution in [0.15, 0.2) is 48.5 Å². The van der Waals surface area contributed by atoms with Gasteiger partial charge in [0.15, 0.2) is 0 Å². The maximum Gasteiger partial charge on any atom is 0.254 e. The first-order valence-electron chi connectivity index (χ1n) is 7.25. The number of methoxy groups -OCH3 is 1. The van der Waals surface area contributed by atoms with E-state index in [0.29, 0.717) is 25.3 Å². The Bertz CT molecular complexity index is 642. The number of hydrogen-bond donors (Lipinski definition) is 0. The molecule has 4 heteroatoms. The van der Waals surface area contributed by atoms with Gasteiger partial charge in [-0.2, -0.15) is 0 Å². The molecular weight excluding hydrogens is 281 g/mol. The summed E-state index contributed by atoms with van der Waals surface area (Å²) in [6.07, 6.45) is 0. The number of rotatable bonds is 6. The number of ether oxygens (including phenoxy) is 1. The average molecular weight is 301 g/mol. The molecule has 0 fully saturated rings. The minimum absolute atomic E-state index is 0.0651. The van der Waals surface area contributed by atoms with Gasteiger partial charge in [-0.25, -0.2) is 4.39 Å². The van der Waals surface area contributed by atoms with E-state index < -0.39 is 0 Å². The van der Waals surface area contributed by atoms with Crippen molar-refractivity contribution in [2.75, 3.05) is 13.7 Å². The molecule has 0 unspecified atom stereocenters. The van der Waals surface area contributed by atoms with E-state index in [1.807, 2.05) is 31.2 Å². The monoisotopic (exact) mass is 301 g/mol. The van der Waals surface area contributed by atoms with E-state index in [0.717, 1.165) is 11.1 Å². The smallest absolute Gasteiger partial charge is 0.254 e. The molecule has 0 saturated carbocycles. The molecule has 22 heavy (non-hydrogen) atoms. The van der Waals surface area contributed by atoms with Crippen LogP contribution < -0.4 is 0 Å². The maximum atomic E-state index is 13.3. The molecule has 0 atom stereocenters. The Kier molecular flexibility index (Phi) is 5.67. The number of halogens is 1. The van der Waals surface area contributed by atoms with Gasteiger partial charge >= 0.3 is 0 Å². The topological polar surface area (TPSA) is 29.5 Å². The fraction of sp³-hybridized carbons (Fsp3) is 0.278. The van der Waals surface area contributed by atoms with Gasteiger partial charge in [0.2, 0.25) is 0 Å². The average Bonchev–Trinajstić information content (AvgIpc) is 2.52. The van der Waals surface area contributed by atoms with Crippen molar-refractivity contribution in [1.82, 2.24) is 4.90 Å². The van der Waals surface area contributed by atoms with Gasteiger partial charge in [0, 0.05) is 25.8 Å². The van der Waals surface area contributed by atoms with Crippen molar-refractivity contribution >= 4 is 5.91 Å². The van der Waals surface area contributed by atoms with E-state index in [-0.39, 0.29) is 11.7 Å². The predicted octanol–water partition coefficient (Wildman–Crippen LogP) is 3.63. The predicted molar refractivity (Wildman–Crippen MR) is 84.0 cm³/mol. The third-order valence-corrected chi connectivity index (χ3v) is 3.42. The largest absolute Gasteiger partial charge is 0.380 e. The van der Waals surface area contributed by atoms with Gasteiger partial charge in [0.05, 0.1) is 6.61 Å². The summed E-state index contributed by atoms with van der Waals surface area (Å²) in [5.41, 5.74) is 2.35. The molecule has 2 rings (SSSR count). The van der Waals surface area contributed by atoms with Crippen molar-refractivity contribution in [3.8, 4) is 0 Å². The van der Waals surface area contributed by atoms with Crippen LogP contribution in [0.2, 0.25) is 0 Å². The van der Waals surface area contributed by atoms with E-state index in [4.69, 9.17) is 4.74 Å². The molecule has 0 aliphatic heterocycles. The second kappa shape index (κ2) is 7.71. The normalized spacial score (nSPS) is 10.5. The lowest BCUT2D eigenvalue weighted by atomic mass is 10.1. The van der Waals surface area contributed by atoms with Crippen molar-refractivity contribution < 1.29 is 13.9 Å². The van der Waals surface area contributed by atoms with Crippen LogP contribution in [-0.4, -0.2) is 24.5 Å². The van der Waals surface area contributed by atoms with Gasteiger partial charge in [-0.15, -0.1) is 0 Å². The van der Waals surface area contributed by atoms with Crippen LogP contribution in [0, 0.1) is 5.82 Å². The Hall–Kier alpha value is -2.20. The van der Waals surface area contributed by atoms with Crippen molar-refractivity contribution in [3.63, 3.8) is 0 Å². The van der Waals surface area contributed by atoms with Gasteiger partial charge in [-0.3, -0.25) is 4.79 Å². The standard InChI is InChI=1S/C18H20FNO2/c1-3-20(12-14-6-5-9-17(19)11-14)18(21)16-8-4-7-15(10-16)13-22-2/h4-11H,3,12-13H2,1-2H3. The Morgan fingerprint density at radius 1 is 1.14 bits per heavy atom. The van der Waals surface area contributed by atoms with E-state index >= 15 is 0 Å². The van der Waals surface area contributed by atoms with Gasteiger partial charge < -0.3 is 9.64 Å². The Morgan fingerprint density at radius 3 is 2.55 bits per heavy atom. The van der Waals surface area contributed by atoms with E-state index in [9.17, 15) is 9.18 Å². The number of benzene rings is 2. The van der Waals surface area contributed by atoms with Crippen molar-refractivity contribution in [2.45, 2.75) is 20.1 Å². The van der Waals surface area contributed by atoms with Crippen molar-refractivity contribution in [1.29, 1.82) is 0 Å². The van der Waals surface area contributed by atoms with Crippen molar-refractivity contribution in [3.05, 3.63) is 71.0 Å². The molecule has 0 aromatic heterocycles. The van der Waals surface area contributed by atoms with Crippen LogP contribution in [0.4, 0.5) is 4.39 Å². The highest BCUT2D eigenvalue weighted by Crippen LogP contribution is 2.13. The van der Waals surface area contributed by atoms with Crippen LogP contribution in [0.25, 0.3) is 0 Å². The van der Waals surface area contributed by atoms with Crippen molar-refractivity contribution in [2.24, 2.45) is 0 Å². The Balaban J connectivity index is 2.16. The zero-order valence-corrected chi connectivity index (χ0v) is 12.9. The summed E-state index contributed by atoms with van der Waals surface area (Å²) in [7, 11) is 1.62. The first-order chi connectivity index (χ1) is 10.6. The minimum Gasteiger partial charge on any atom is -0.380 e. The fourth-order valence-electron chi connectivity index (χ4n) is 2.33. The minimum atomic E-state index is -0.289. The van der Waals surface area contributed by atoms with Crippen LogP contribution in [-0.2, 0) is 17.9 Å². The molecule has 0 aliphatic rings. The number of carbonyl (C=O) groups excluding carboxylic acids is 1. The SMILES string of the molecule is CCN(Cc1cccc(F)c1)C(=O)c1cccc(COC)c1. The number of amides is 1. The lowest BCUT2D eigenvalue weighted by Gasteiger charge is -2.21. The summed E-state index contributed by atoms with van der Waals surface area (Å²) in [4.78, 5) is 14.3. The molecule has 1 amide bonds. The first kappa shape index (κ1) is 16.2. The molecule has 0 N–H and O–H groups in total. The quantitative estimate of drug-likeness (QED) is 0.815. The van der Waals surface area contributed by atoms with Crippen LogP contribution in [0.1, 0.15) is 28.4 Å². The second-order valence-corrected chi connectivity index (χ2v) is 5.08. The summed E-state index contributed by atoms with van der Waals surface area (Å²) in [6.45, 7) is 3.33. The molecule has 0 heterocycles. The molecule has 0 spiro atoms. The van der Waals surface area contributed by atoms with Gasteiger partial charge in [-0.05, 0) is 42.3 Å². The highest BCUT2D eigenvalue weighted by molar-refractivity contribution is 5.94. The molecule has 2 aromatic rings. The first-order valence-corrected chi connectivity index (χ1v) is 7.25. The Morgan fingerprint density at radius 2 is 1.86 bits per heavy atom. The zero-order chi connectivity index (χ0) is 15.9. The van der Waals surface area contributed by atoms with E-state index in [1.165, 1.54) is 12.1 Å². The van der Waals surface area contributed by atoms with Gasteiger partial charge in [0.1, 0.15) is 5.82 Å². The number of hydrogen-bond acceptors (Lipinski definition) is 2. The molecule has 3 nitrogen and oxygen atoms in total. The summed E-state index contributed by atoms with van der Waals surface area (Å²) in [6, 6.07) is 13.7. The zero-order valence-electron chi connectivity index (χ0n) is 12.9. The highest BCUT2D eigenvalue weighted by atomic mass is 19.1. The lowest BCUT2D eigenvalue weighted by molar-refractivity contribution is 0.0752. The fourth-order valence-corrected chi connectivity index (χ4v) is 2.33. The third-order valence-electron chi connectivity index (χ3n) is 3.42. The molecular formula is C18H20FNO2. The molecule has 116 valence electrons. The van der Waals surface area contributed by atoms with Crippen LogP contribution in [0.5, 0.6) is 0 Å². The molecule has 0 aliphatic carbocycles.